The molecular weight excluding hydrogens is 297 g/mol. The highest BCUT2D eigenvalue weighted by Gasteiger charge is 2.21. The summed E-state index contributed by atoms with van der Waals surface area (Å²) in [6, 6.07) is 3.73. The van der Waals surface area contributed by atoms with Crippen molar-refractivity contribution < 1.29 is 13.9 Å². The lowest BCUT2D eigenvalue weighted by atomic mass is 10.2. The minimum absolute atomic E-state index is 0.145. The van der Waals surface area contributed by atoms with Gasteiger partial charge >= 0.3 is 0 Å². The van der Waals surface area contributed by atoms with Crippen LogP contribution in [0.1, 0.15) is 18.8 Å². The number of alkyl halides is 1. The minimum Gasteiger partial charge on any atom is -0.383 e. The van der Waals surface area contributed by atoms with Crippen LogP contribution >= 0.6 is 11.6 Å². The van der Waals surface area contributed by atoms with Crippen LogP contribution in [0.15, 0.2) is 18.2 Å². The second-order valence-electron chi connectivity index (χ2n) is 4.62. The number of carbonyl (C=O) groups excluding carboxylic acids is 1. The van der Waals surface area contributed by atoms with Crippen molar-refractivity contribution in [3.05, 3.63) is 29.8 Å². The number of hydrogen-bond donors (Lipinski definition) is 1. The highest BCUT2D eigenvalue weighted by Crippen LogP contribution is 2.23. The third kappa shape index (κ3) is 3.33. The Bertz CT molecular complexity index is 644. The molecule has 7 heteroatoms. The van der Waals surface area contributed by atoms with E-state index in [1.54, 1.807) is 24.7 Å². The van der Waals surface area contributed by atoms with Gasteiger partial charge in [0, 0.05) is 13.7 Å². The topological polar surface area (TPSA) is 56.1 Å². The molecule has 114 valence electrons. The first-order valence-electron chi connectivity index (χ1n) is 6.57. The van der Waals surface area contributed by atoms with Crippen molar-refractivity contribution in [1.29, 1.82) is 0 Å². The fourth-order valence-electron chi connectivity index (χ4n) is 2.18. The number of rotatable bonds is 6. The molecular formula is C14H17ClFN3O2. The maximum Gasteiger partial charge on any atom is 0.242 e. The van der Waals surface area contributed by atoms with Gasteiger partial charge < -0.3 is 14.6 Å². The summed E-state index contributed by atoms with van der Waals surface area (Å²) in [5.74, 6) is 0.108. The third-order valence-corrected chi connectivity index (χ3v) is 3.46. The van der Waals surface area contributed by atoms with Gasteiger partial charge in [0.2, 0.25) is 5.91 Å². The van der Waals surface area contributed by atoms with E-state index >= 15 is 0 Å². The molecule has 2 aromatic rings. The van der Waals surface area contributed by atoms with Crippen molar-refractivity contribution in [3.8, 4) is 0 Å². The van der Waals surface area contributed by atoms with E-state index in [1.807, 2.05) is 0 Å². The molecule has 5 nitrogen and oxygen atoms in total. The first kappa shape index (κ1) is 15.7. The van der Waals surface area contributed by atoms with Crippen molar-refractivity contribution in [3.63, 3.8) is 0 Å². The van der Waals surface area contributed by atoms with Crippen LogP contribution in [0.4, 0.5) is 4.39 Å². The number of ether oxygens (including phenoxy) is 1. The summed E-state index contributed by atoms with van der Waals surface area (Å²) in [5.41, 5.74) is 1.17. The van der Waals surface area contributed by atoms with Gasteiger partial charge in [-0.05, 0) is 25.1 Å². The molecule has 1 heterocycles. The highest BCUT2D eigenvalue weighted by molar-refractivity contribution is 6.16. The Morgan fingerprint density at radius 1 is 1.57 bits per heavy atom. The normalized spacial score (nSPS) is 12.6. The molecule has 0 fully saturated rings. The van der Waals surface area contributed by atoms with Gasteiger partial charge in [0.25, 0.3) is 0 Å². The molecule has 0 bridgehead atoms. The molecule has 0 radical (unpaired) electrons. The van der Waals surface area contributed by atoms with Crippen molar-refractivity contribution >= 4 is 28.5 Å². The molecule has 1 atom stereocenters. The third-order valence-electron chi connectivity index (χ3n) is 3.22. The summed E-state index contributed by atoms with van der Waals surface area (Å²) >= 11 is 5.89. The lowest BCUT2D eigenvalue weighted by Gasteiger charge is -2.16. The number of methoxy groups -OCH3 is 1. The van der Waals surface area contributed by atoms with Crippen molar-refractivity contribution in [1.82, 2.24) is 14.9 Å². The Labute approximate surface area is 127 Å². The first-order valence-corrected chi connectivity index (χ1v) is 7.11. The fourth-order valence-corrected chi connectivity index (χ4v) is 2.37. The van der Waals surface area contributed by atoms with Gasteiger partial charge in [-0.3, -0.25) is 4.79 Å². The summed E-state index contributed by atoms with van der Waals surface area (Å²) in [6.45, 7) is 2.57. The number of nitrogens with one attached hydrogen (secondary N) is 1. The van der Waals surface area contributed by atoms with Crippen LogP contribution in [0.2, 0.25) is 0 Å². The van der Waals surface area contributed by atoms with Gasteiger partial charge in [0.05, 0.1) is 23.5 Å². The molecule has 0 spiro atoms. The van der Waals surface area contributed by atoms with E-state index < -0.39 is 6.04 Å². The standard InChI is InChI=1S/C14H17ClFN3O2/c1-9(14(20)17-5-6-21-2)19-12-7-10(16)3-4-11(12)18-13(19)8-15/h3-4,7,9H,5-6,8H2,1-2H3,(H,17,20). The molecule has 1 aromatic heterocycles. The van der Waals surface area contributed by atoms with Crippen molar-refractivity contribution in [2.75, 3.05) is 20.3 Å². The number of aromatic nitrogens is 2. The van der Waals surface area contributed by atoms with Crippen LogP contribution in [-0.4, -0.2) is 35.7 Å². The van der Waals surface area contributed by atoms with E-state index in [2.05, 4.69) is 10.3 Å². The minimum atomic E-state index is -0.539. The lowest BCUT2D eigenvalue weighted by Crippen LogP contribution is -2.33. The molecule has 1 amide bonds. The molecule has 21 heavy (non-hydrogen) atoms. The number of imidazole rings is 1. The zero-order valence-electron chi connectivity index (χ0n) is 11.9. The van der Waals surface area contributed by atoms with Crippen LogP contribution < -0.4 is 5.32 Å². The zero-order valence-corrected chi connectivity index (χ0v) is 12.7. The van der Waals surface area contributed by atoms with Crippen LogP contribution in [0, 0.1) is 5.82 Å². The molecule has 0 aliphatic carbocycles. The van der Waals surface area contributed by atoms with Gasteiger partial charge in [0.1, 0.15) is 17.7 Å². The van der Waals surface area contributed by atoms with Gasteiger partial charge in [-0.2, -0.15) is 0 Å². The summed E-state index contributed by atoms with van der Waals surface area (Å²) in [6.07, 6.45) is 0. The van der Waals surface area contributed by atoms with E-state index in [0.717, 1.165) is 0 Å². The van der Waals surface area contributed by atoms with Crippen LogP contribution in [0.25, 0.3) is 11.0 Å². The predicted molar refractivity (Wildman–Crippen MR) is 78.8 cm³/mol. The molecule has 0 saturated carbocycles. The number of benzene rings is 1. The second-order valence-corrected chi connectivity index (χ2v) is 4.89. The maximum atomic E-state index is 13.5. The smallest absolute Gasteiger partial charge is 0.242 e. The van der Waals surface area contributed by atoms with Gasteiger partial charge in [0.15, 0.2) is 0 Å². The van der Waals surface area contributed by atoms with Crippen molar-refractivity contribution in [2.24, 2.45) is 0 Å². The van der Waals surface area contributed by atoms with Crippen LogP contribution in [0.3, 0.4) is 0 Å². The molecule has 1 unspecified atom stereocenters. The summed E-state index contributed by atoms with van der Waals surface area (Å²) in [4.78, 5) is 16.5. The first-order chi connectivity index (χ1) is 10.1. The van der Waals surface area contributed by atoms with E-state index in [4.69, 9.17) is 16.3 Å². The highest BCUT2D eigenvalue weighted by atomic mass is 35.5. The van der Waals surface area contributed by atoms with E-state index in [0.29, 0.717) is 30.0 Å². The molecule has 0 saturated heterocycles. The van der Waals surface area contributed by atoms with Crippen LogP contribution in [0.5, 0.6) is 0 Å². The number of hydrogen-bond acceptors (Lipinski definition) is 3. The Hall–Kier alpha value is -1.66. The number of nitrogens with zero attached hydrogens (tertiary/aromatic N) is 2. The monoisotopic (exact) mass is 313 g/mol. The molecule has 1 N–H and O–H groups in total. The van der Waals surface area contributed by atoms with Crippen molar-refractivity contribution in [2.45, 2.75) is 18.8 Å². The Balaban J connectivity index is 2.34. The summed E-state index contributed by atoms with van der Waals surface area (Å²) in [5, 5.41) is 2.75. The van der Waals surface area contributed by atoms with Gasteiger partial charge in [-0.1, -0.05) is 0 Å². The SMILES string of the molecule is COCCNC(=O)C(C)n1c(CCl)nc2ccc(F)cc21. The summed E-state index contributed by atoms with van der Waals surface area (Å²) < 4.78 is 20.0. The number of amides is 1. The Kier molecular flexibility index (Phi) is 5.14. The molecule has 1 aromatic carbocycles. The number of halogens is 2. The maximum absolute atomic E-state index is 13.5. The number of fused-ring (bicyclic) bond motifs is 1. The average Bonchev–Trinajstić information content (AvgIpc) is 2.84. The van der Waals surface area contributed by atoms with Gasteiger partial charge in [-0.25, -0.2) is 9.37 Å². The predicted octanol–water partition coefficient (Wildman–Crippen LogP) is 2.24. The van der Waals surface area contributed by atoms with Gasteiger partial charge in [-0.15, -0.1) is 11.6 Å². The summed E-state index contributed by atoms with van der Waals surface area (Å²) in [7, 11) is 1.56. The lowest BCUT2D eigenvalue weighted by molar-refractivity contribution is -0.124. The van der Waals surface area contributed by atoms with E-state index in [1.165, 1.54) is 12.1 Å². The van der Waals surface area contributed by atoms with E-state index in [-0.39, 0.29) is 17.6 Å². The van der Waals surface area contributed by atoms with E-state index in [9.17, 15) is 9.18 Å². The Morgan fingerprint density at radius 2 is 2.33 bits per heavy atom. The largest absolute Gasteiger partial charge is 0.383 e. The second kappa shape index (κ2) is 6.87. The molecule has 0 aliphatic heterocycles. The quantitative estimate of drug-likeness (QED) is 0.657. The molecule has 2 rings (SSSR count). The fraction of sp³-hybridized carbons (Fsp3) is 0.429. The zero-order chi connectivity index (χ0) is 15.4. The molecule has 0 aliphatic rings. The van der Waals surface area contributed by atoms with Crippen LogP contribution in [-0.2, 0) is 15.4 Å². The average molecular weight is 314 g/mol. The Morgan fingerprint density at radius 3 is 3.00 bits per heavy atom. The number of carbonyl (C=O) groups is 1.